The number of benzene rings is 1. The van der Waals surface area contributed by atoms with E-state index >= 15 is 0 Å². The van der Waals surface area contributed by atoms with Gasteiger partial charge < -0.3 is 9.94 Å². The van der Waals surface area contributed by atoms with Crippen molar-refractivity contribution in [1.29, 1.82) is 0 Å². The van der Waals surface area contributed by atoms with Crippen LogP contribution in [0.5, 0.6) is 5.75 Å². The van der Waals surface area contributed by atoms with Crippen molar-refractivity contribution in [3.05, 3.63) is 48.5 Å². The van der Waals surface area contributed by atoms with E-state index in [1.54, 1.807) is 41.5 Å². The summed E-state index contributed by atoms with van der Waals surface area (Å²) in [5.41, 5.74) is 0.586. The third kappa shape index (κ3) is 1.88. The third-order valence-electron chi connectivity index (χ3n) is 2.07. The van der Waals surface area contributed by atoms with Crippen molar-refractivity contribution in [2.24, 2.45) is 5.16 Å². The fourth-order valence-electron chi connectivity index (χ4n) is 1.37. The Morgan fingerprint density at radius 1 is 1.44 bits per heavy atom. The highest BCUT2D eigenvalue weighted by Gasteiger charge is 2.10. The van der Waals surface area contributed by atoms with Crippen LogP contribution in [0.2, 0.25) is 0 Å². The molecule has 0 spiro atoms. The van der Waals surface area contributed by atoms with Crippen molar-refractivity contribution < 1.29 is 9.94 Å². The van der Waals surface area contributed by atoms with Crippen LogP contribution in [0.15, 0.2) is 48.1 Å². The minimum Gasteiger partial charge on any atom is -0.507 e. The average Bonchev–Trinajstić information content (AvgIpc) is 2.80. The smallest absolute Gasteiger partial charge is 0.188 e. The lowest BCUT2D eigenvalue weighted by Crippen LogP contribution is -2.12. The van der Waals surface area contributed by atoms with Gasteiger partial charge in [0.2, 0.25) is 0 Å². The number of hydrogen-bond acceptors (Lipinski definition) is 4. The first kappa shape index (κ1) is 10.2. The van der Waals surface area contributed by atoms with Crippen LogP contribution < -0.4 is 0 Å². The van der Waals surface area contributed by atoms with E-state index in [1.807, 2.05) is 6.07 Å². The van der Waals surface area contributed by atoms with E-state index in [0.29, 0.717) is 11.4 Å². The molecule has 82 valence electrons. The molecule has 0 aliphatic carbocycles. The van der Waals surface area contributed by atoms with Crippen molar-refractivity contribution in [3.63, 3.8) is 0 Å². The van der Waals surface area contributed by atoms with Gasteiger partial charge in [-0.05, 0) is 12.1 Å². The van der Waals surface area contributed by atoms with Gasteiger partial charge in [0.15, 0.2) is 5.84 Å². The Labute approximate surface area is 92.6 Å². The molecule has 16 heavy (non-hydrogen) atoms. The fourth-order valence-corrected chi connectivity index (χ4v) is 1.37. The standard InChI is InChI=1S/C11H11N3O2/c1-16-13-11(14-7-6-12-8-14)9-4-2-3-5-10(9)15/h2-8,15H,1H3/b13-11-. The van der Waals surface area contributed by atoms with Crippen LogP contribution in [0.1, 0.15) is 5.56 Å². The molecule has 0 aliphatic rings. The topological polar surface area (TPSA) is 59.6 Å². The largest absolute Gasteiger partial charge is 0.507 e. The predicted molar refractivity (Wildman–Crippen MR) is 59.3 cm³/mol. The Morgan fingerprint density at radius 3 is 2.88 bits per heavy atom. The molecule has 1 aromatic carbocycles. The zero-order chi connectivity index (χ0) is 11.4. The lowest BCUT2D eigenvalue weighted by molar-refractivity contribution is 0.212. The molecule has 0 fully saturated rings. The predicted octanol–water partition coefficient (Wildman–Crippen LogP) is 1.44. The number of nitrogens with zero attached hydrogens (tertiary/aromatic N) is 3. The first-order valence-electron chi connectivity index (χ1n) is 4.71. The summed E-state index contributed by atoms with van der Waals surface area (Å²) in [6.45, 7) is 0. The van der Waals surface area contributed by atoms with Crippen molar-refractivity contribution >= 4 is 5.84 Å². The van der Waals surface area contributed by atoms with Crippen molar-refractivity contribution in [2.45, 2.75) is 0 Å². The summed E-state index contributed by atoms with van der Waals surface area (Å²) in [6, 6.07) is 6.92. The number of para-hydroxylation sites is 1. The van der Waals surface area contributed by atoms with Gasteiger partial charge in [0, 0.05) is 12.4 Å². The number of oxime groups is 1. The third-order valence-corrected chi connectivity index (χ3v) is 2.07. The molecule has 1 N–H and O–H groups in total. The maximum absolute atomic E-state index is 9.74. The van der Waals surface area contributed by atoms with E-state index < -0.39 is 0 Å². The molecular weight excluding hydrogens is 206 g/mol. The summed E-state index contributed by atoms with van der Waals surface area (Å²) in [4.78, 5) is 8.69. The molecule has 5 nitrogen and oxygen atoms in total. The van der Waals surface area contributed by atoms with Crippen LogP contribution in [0, 0.1) is 0 Å². The fraction of sp³-hybridized carbons (Fsp3) is 0.0909. The highest BCUT2D eigenvalue weighted by atomic mass is 16.6. The number of aromatic hydroxyl groups is 1. The molecule has 0 saturated heterocycles. The number of phenols is 1. The van der Waals surface area contributed by atoms with Crippen molar-refractivity contribution in [3.8, 4) is 5.75 Å². The van der Waals surface area contributed by atoms with Crippen LogP contribution in [0.25, 0.3) is 0 Å². The number of aromatic nitrogens is 2. The Bertz CT molecular complexity index is 492. The highest BCUT2D eigenvalue weighted by molar-refractivity contribution is 6.02. The molecule has 0 amide bonds. The second-order valence-electron chi connectivity index (χ2n) is 3.08. The second kappa shape index (κ2) is 4.48. The van der Waals surface area contributed by atoms with Gasteiger partial charge in [0.25, 0.3) is 0 Å². The summed E-state index contributed by atoms with van der Waals surface area (Å²) in [5.74, 6) is 0.630. The average molecular weight is 217 g/mol. The normalized spacial score (nSPS) is 11.4. The van der Waals surface area contributed by atoms with Crippen LogP contribution in [-0.4, -0.2) is 27.6 Å². The lowest BCUT2D eigenvalue weighted by Gasteiger charge is -2.07. The second-order valence-corrected chi connectivity index (χ2v) is 3.08. The molecule has 1 aromatic heterocycles. The van der Waals surface area contributed by atoms with Gasteiger partial charge in [0.1, 0.15) is 19.2 Å². The SMILES string of the molecule is CO/N=C(/c1ccccc1O)n1ccnc1. The molecule has 2 aromatic rings. The van der Waals surface area contributed by atoms with Crippen LogP contribution in [0.4, 0.5) is 0 Å². The van der Waals surface area contributed by atoms with E-state index in [-0.39, 0.29) is 5.75 Å². The van der Waals surface area contributed by atoms with Gasteiger partial charge in [-0.25, -0.2) is 4.98 Å². The molecule has 0 radical (unpaired) electrons. The van der Waals surface area contributed by atoms with Gasteiger partial charge in [0.05, 0.1) is 5.56 Å². The van der Waals surface area contributed by atoms with E-state index in [1.165, 1.54) is 7.11 Å². The summed E-state index contributed by atoms with van der Waals surface area (Å²) in [7, 11) is 1.46. The van der Waals surface area contributed by atoms with Crippen LogP contribution in [-0.2, 0) is 4.84 Å². The Morgan fingerprint density at radius 2 is 2.25 bits per heavy atom. The Hall–Kier alpha value is -2.30. The van der Waals surface area contributed by atoms with Crippen LogP contribution in [0.3, 0.4) is 0 Å². The molecule has 1 heterocycles. The number of hydrogen-bond donors (Lipinski definition) is 1. The minimum absolute atomic E-state index is 0.145. The number of imidazole rings is 1. The van der Waals surface area contributed by atoms with E-state index in [9.17, 15) is 5.11 Å². The van der Waals surface area contributed by atoms with Gasteiger partial charge >= 0.3 is 0 Å². The monoisotopic (exact) mass is 217 g/mol. The first-order chi connectivity index (χ1) is 7.83. The maximum atomic E-state index is 9.74. The van der Waals surface area contributed by atoms with Crippen molar-refractivity contribution in [2.75, 3.05) is 7.11 Å². The quantitative estimate of drug-likeness (QED) is 0.470. The van der Waals surface area contributed by atoms with Gasteiger partial charge in [-0.1, -0.05) is 17.3 Å². The maximum Gasteiger partial charge on any atom is 0.188 e. The Kier molecular flexibility index (Phi) is 2.86. The van der Waals surface area contributed by atoms with Gasteiger partial charge in [-0.15, -0.1) is 0 Å². The lowest BCUT2D eigenvalue weighted by atomic mass is 10.2. The number of phenolic OH excluding ortho intramolecular Hbond substituents is 1. The molecular formula is C11H11N3O2. The van der Waals surface area contributed by atoms with Crippen LogP contribution >= 0.6 is 0 Å². The highest BCUT2D eigenvalue weighted by Crippen LogP contribution is 2.17. The van der Waals surface area contributed by atoms with E-state index in [2.05, 4.69) is 10.1 Å². The molecule has 0 unspecified atom stereocenters. The molecule has 0 aliphatic heterocycles. The van der Waals surface area contributed by atoms with Crippen molar-refractivity contribution in [1.82, 2.24) is 9.55 Å². The molecule has 0 atom stereocenters. The summed E-state index contributed by atoms with van der Waals surface area (Å²) >= 11 is 0. The molecule has 0 saturated carbocycles. The summed E-state index contributed by atoms with van der Waals surface area (Å²) in [6.07, 6.45) is 4.94. The van der Waals surface area contributed by atoms with E-state index in [4.69, 9.17) is 4.84 Å². The molecule has 0 bridgehead atoms. The summed E-state index contributed by atoms with van der Waals surface area (Å²) in [5, 5.41) is 13.6. The number of rotatable bonds is 2. The van der Waals surface area contributed by atoms with Gasteiger partial charge in [-0.2, -0.15) is 0 Å². The molecule has 2 rings (SSSR count). The summed E-state index contributed by atoms with van der Waals surface area (Å²) < 4.78 is 1.67. The first-order valence-corrected chi connectivity index (χ1v) is 4.71. The Balaban J connectivity index is 2.50. The minimum atomic E-state index is 0.145. The van der Waals surface area contributed by atoms with Gasteiger partial charge in [-0.3, -0.25) is 4.57 Å². The zero-order valence-corrected chi connectivity index (χ0v) is 8.74. The zero-order valence-electron chi connectivity index (χ0n) is 8.74. The van der Waals surface area contributed by atoms with E-state index in [0.717, 1.165) is 0 Å². The molecule has 5 heteroatoms.